The lowest BCUT2D eigenvalue weighted by Crippen LogP contribution is -2.17. The van der Waals surface area contributed by atoms with Gasteiger partial charge in [0.15, 0.2) is 0 Å². The van der Waals surface area contributed by atoms with Crippen LogP contribution in [0.1, 0.15) is 11.4 Å². The summed E-state index contributed by atoms with van der Waals surface area (Å²) in [5, 5.41) is 9.49. The van der Waals surface area contributed by atoms with Gasteiger partial charge in [-0.3, -0.25) is 4.79 Å². The summed E-state index contributed by atoms with van der Waals surface area (Å²) in [5.74, 6) is 1.99. The summed E-state index contributed by atoms with van der Waals surface area (Å²) in [6.07, 6.45) is 3.72. The average molecular weight is 412 g/mol. The van der Waals surface area contributed by atoms with Gasteiger partial charge in [-0.15, -0.1) is 0 Å². The van der Waals surface area contributed by atoms with E-state index in [4.69, 9.17) is 0 Å². The van der Waals surface area contributed by atoms with Crippen molar-refractivity contribution < 1.29 is 4.79 Å². The van der Waals surface area contributed by atoms with Crippen LogP contribution >= 0.6 is 0 Å². The molecule has 1 amide bonds. The molecule has 4 aromatic rings. The molecule has 0 spiro atoms. The number of nitrogens with one attached hydrogen (secondary N) is 3. The van der Waals surface area contributed by atoms with E-state index < -0.39 is 0 Å². The first-order valence-corrected chi connectivity index (χ1v) is 10.0. The number of hydrogen-bond donors (Lipinski definition) is 3. The molecule has 0 aliphatic heterocycles. The molecule has 156 valence electrons. The zero-order valence-electron chi connectivity index (χ0n) is 17.5. The molecule has 2 heterocycles. The Balaban J connectivity index is 1.39. The minimum Gasteiger partial charge on any atom is -0.345 e. The minimum absolute atomic E-state index is 0.0739. The largest absolute Gasteiger partial charge is 0.345 e. The number of nitrogens with zero attached hydrogens (tertiary/aromatic N) is 3. The quantitative estimate of drug-likeness (QED) is 0.397. The fourth-order valence-corrected chi connectivity index (χ4v) is 3.11. The number of rotatable bonds is 7. The van der Waals surface area contributed by atoms with Crippen molar-refractivity contribution in [3.8, 4) is 0 Å². The van der Waals surface area contributed by atoms with Crippen molar-refractivity contribution in [1.29, 1.82) is 0 Å². The molecule has 31 heavy (non-hydrogen) atoms. The van der Waals surface area contributed by atoms with Gasteiger partial charge in [0.25, 0.3) is 0 Å². The third-order valence-electron chi connectivity index (χ3n) is 4.60. The van der Waals surface area contributed by atoms with Crippen LogP contribution in [-0.4, -0.2) is 20.4 Å². The van der Waals surface area contributed by atoms with E-state index in [-0.39, 0.29) is 12.5 Å². The first-order chi connectivity index (χ1) is 15.0. The molecule has 0 fully saturated rings. The summed E-state index contributed by atoms with van der Waals surface area (Å²) in [6.45, 7) is 4.19. The molecule has 0 unspecified atom stereocenters. The van der Waals surface area contributed by atoms with E-state index in [1.165, 1.54) is 5.56 Å². The third kappa shape index (κ3) is 5.70. The Morgan fingerprint density at radius 1 is 0.806 bits per heavy atom. The number of aromatic nitrogens is 3. The van der Waals surface area contributed by atoms with E-state index in [2.05, 4.69) is 45.0 Å². The zero-order valence-corrected chi connectivity index (χ0v) is 17.5. The highest BCUT2D eigenvalue weighted by Crippen LogP contribution is 2.22. The van der Waals surface area contributed by atoms with Gasteiger partial charge in [0.1, 0.15) is 24.0 Å². The molecule has 0 bridgehead atoms. The Hall–Kier alpha value is -4.13. The summed E-state index contributed by atoms with van der Waals surface area (Å²) in [4.78, 5) is 21.0. The van der Waals surface area contributed by atoms with Crippen LogP contribution in [0.5, 0.6) is 0 Å². The van der Waals surface area contributed by atoms with Crippen LogP contribution < -0.4 is 16.0 Å². The highest BCUT2D eigenvalue weighted by atomic mass is 16.1. The predicted molar refractivity (Wildman–Crippen MR) is 124 cm³/mol. The third-order valence-corrected chi connectivity index (χ3v) is 4.60. The van der Waals surface area contributed by atoms with Gasteiger partial charge < -0.3 is 20.5 Å². The van der Waals surface area contributed by atoms with E-state index in [0.717, 1.165) is 17.1 Å². The first-order valence-electron chi connectivity index (χ1n) is 10.0. The lowest BCUT2D eigenvalue weighted by atomic mass is 10.2. The molecule has 0 aliphatic rings. The lowest BCUT2D eigenvalue weighted by Gasteiger charge is -2.11. The smallest absolute Gasteiger partial charge is 0.244 e. The second kappa shape index (κ2) is 9.13. The topological polar surface area (TPSA) is 83.9 Å². The van der Waals surface area contributed by atoms with Gasteiger partial charge in [0, 0.05) is 35.5 Å². The number of anilines is 5. The first kappa shape index (κ1) is 20.2. The zero-order chi connectivity index (χ0) is 21.6. The standard InChI is InChI=1S/C24H24N6O/c1-17-5-7-19(8-6-17)27-22-15-23(26-18(2)25-22)28-20-9-11-21(12-10-20)29-24(31)16-30-13-3-4-14-30/h3-15H,16H2,1-2H3,(H,29,31)(H2,25,26,27,28). The Morgan fingerprint density at radius 3 is 1.90 bits per heavy atom. The molecule has 3 N–H and O–H groups in total. The Morgan fingerprint density at radius 2 is 1.32 bits per heavy atom. The lowest BCUT2D eigenvalue weighted by molar-refractivity contribution is -0.116. The fraction of sp³-hybridized carbons (Fsp3) is 0.125. The predicted octanol–water partition coefficient (Wildman–Crippen LogP) is 5.02. The van der Waals surface area contributed by atoms with Crippen LogP contribution in [0.25, 0.3) is 0 Å². The minimum atomic E-state index is -0.0739. The van der Waals surface area contributed by atoms with Gasteiger partial charge in [0.05, 0.1) is 0 Å². The normalized spacial score (nSPS) is 10.5. The summed E-state index contributed by atoms with van der Waals surface area (Å²) in [5.41, 5.74) is 3.77. The van der Waals surface area contributed by atoms with Crippen molar-refractivity contribution in [2.45, 2.75) is 20.4 Å². The summed E-state index contributed by atoms with van der Waals surface area (Å²) in [6, 6.07) is 21.3. The van der Waals surface area contributed by atoms with E-state index in [1.807, 2.05) is 78.5 Å². The summed E-state index contributed by atoms with van der Waals surface area (Å²) in [7, 11) is 0. The summed E-state index contributed by atoms with van der Waals surface area (Å²) < 4.78 is 1.82. The molecular weight excluding hydrogens is 388 g/mol. The molecule has 2 aromatic heterocycles. The van der Waals surface area contributed by atoms with Crippen LogP contribution in [0, 0.1) is 13.8 Å². The van der Waals surface area contributed by atoms with Crippen molar-refractivity contribution in [1.82, 2.24) is 14.5 Å². The van der Waals surface area contributed by atoms with Gasteiger partial charge in [-0.2, -0.15) is 0 Å². The Labute approximate surface area is 181 Å². The summed E-state index contributed by atoms with van der Waals surface area (Å²) >= 11 is 0. The van der Waals surface area contributed by atoms with Gasteiger partial charge in [-0.05, 0) is 62.4 Å². The van der Waals surface area contributed by atoms with Gasteiger partial charge >= 0.3 is 0 Å². The van der Waals surface area contributed by atoms with Crippen LogP contribution in [0.2, 0.25) is 0 Å². The number of benzene rings is 2. The molecule has 0 saturated carbocycles. The second-order valence-electron chi connectivity index (χ2n) is 7.28. The van der Waals surface area contributed by atoms with Crippen LogP contribution in [0.15, 0.2) is 79.1 Å². The van der Waals surface area contributed by atoms with Crippen molar-refractivity contribution in [2.24, 2.45) is 0 Å². The highest BCUT2D eigenvalue weighted by Gasteiger charge is 2.06. The fourth-order valence-electron chi connectivity index (χ4n) is 3.11. The monoisotopic (exact) mass is 412 g/mol. The van der Waals surface area contributed by atoms with E-state index >= 15 is 0 Å². The average Bonchev–Trinajstić information content (AvgIpc) is 3.24. The molecular formula is C24H24N6O. The van der Waals surface area contributed by atoms with E-state index in [9.17, 15) is 4.79 Å². The number of aryl methyl sites for hydroxylation is 2. The van der Waals surface area contributed by atoms with Crippen LogP contribution in [-0.2, 0) is 11.3 Å². The highest BCUT2D eigenvalue weighted by molar-refractivity contribution is 5.90. The second-order valence-corrected chi connectivity index (χ2v) is 7.28. The molecule has 0 aliphatic carbocycles. The SMILES string of the molecule is Cc1ccc(Nc2cc(Nc3ccc(NC(=O)Cn4cccc4)cc3)nc(C)n2)cc1. The van der Waals surface area contributed by atoms with Gasteiger partial charge in [-0.25, -0.2) is 9.97 Å². The van der Waals surface area contributed by atoms with E-state index in [0.29, 0.717) is 17.5 Å². The molecule has 0 saturated heterocycles. The Kier molecular flexibility index (Phi) is 5.93. The number of carbonyl (C=O) groups excluding carboxylic acids is 1. The van der Waals surface area contributed by atoms with Crippen molar-refractivity contribution in [3.05, 3.63) is 90.5 Å². The number of hydrogen-bond acceptors (Lipinski definition) is 5. The Bertz CT molecular complexity index is 1150. The molecule has 7 nitrogen and oxygen atoms in total. The van der Waals surface area contributed by atoms with Crippen LogP contribution in [0.4, 0.5) is 28.7 Å². The molecule has 2 aromatic carbocycles. The number of amides is 1. The van der Waals surface area contributed by atoms with Gasteiger partial charge in [-0.1, -0.05) is 17.7 Å². The van der Waals surface area contributed by atoms with Crippen molar-refractivity contribution in [2.75, 3.05) is 16.0 Å². The maximum absolute atomic E-state index is 12.1. The maximum Gasteiger partial charge on any atom is 0.244 e. The number of carbonyl (C=O) groups is 1. The molecule has 7 heteroatoms. The van der Waals surface area contributed by atoms with Crippen molar-refractivity contribution >= 4 is 34.6 Å². The van der Waals surface area contributed by atoms with E-state index in [1.54, 1.807) is 0 Å². The molecule has 0 radical (unpaired) electrons. The van der Waals surface area contributed by atoms with Gasteiger partial charge in [0.2, 0.25) is 5.91 Å². The van der Waals surface area contributed by atoms with Crippen LogP contribution in [0.3, 0.4) is 0 Å². The van der Waals surface area contributed by atoms with Crippen molar-refractivity contribution in [3.63, 3.8) is 0 Å². The maximum atomic E-state index is 12.1. The molecule has 4 rings (SSSR count). The molecule has 0 atom stereocenters.